The maximum atomic E-state index is 13.4. The van der Waals surface area contributed by atoms with Crippen LogP contribution in [0.3, 0.4) is 0 Å². The zero-order chi connectivity index (χ0) is 24.4. The molecule has 2 aromatic carbocycles. The molecule has 5 rings (SSSR count). The van der Waals surface area contributed by atoms with Crippen LogP contribution in [0, 0.1) is 18.6 Å². The van der Waals surface area contributed by atoms with Gasteiger partial charge in [0.15, 0.2) is 11.6 Å². The topological polar surface area (TPSA) is 105 Å². The molecule has 0 saturated heterocycles. The van der Waals surface area contributed by atoms with Crippen molar-refractivity contribution in [2.24, 2.45) is 0 Å². The second kappa shape index (κ2) is 9.39. The number of amides is 1. The highest BCUT2D eigenvalue weighted by molar-refractivity contribution is 7.10. The van der Waals surface area contributed by atoms with Gasteiger partial charge in [0.05, 0.1) is 40.4 Å². The Morgan fingerprint density at radius 2 is 1.66 bits per heavy atom. The smallest absolute Gasteiger partial charge is 0.260 e. The zero-order valence-electron chi connectivity index (χ0n) is 18.2. The van der Waals surface area contributed by atoms with Crippen LogP contribution in [0.4, 0.5) is 36.8 Å². The number of pyridine rings is 1. The summed E-state index contributed by atoms with van der Waals surface area (Å²) in [4.78, 5) is 26.1. The van der Waals surface area contributed by atoms with Crippen molar-refractivity contribution in [3.05, 3.63) is 89.9 Å². The molecule has 0 unspecified atom stereocenters. The van der Waals surface area contributed by atoms with Gasteiger partial charge in [-0.05, 0) is 54.9 Å². The summed E-state index contributed by atoms with van der Waals surface area (Å²) in [5.41, 5.74) is 3.25. The average molecular weight is 490 g/mol. The number of anilines is 5. The van der Waals surface area contributed by atoms with E-state index in [0.29, 0.717) is 39.3 Å². The lowest BCUT2D eigenvalue weighted by Crippen LogP contribution is -2.14. The van der Waals surface area contributed by atoms with Crippen molar-refractivity contribution < 1.29 is 13.6 Å². The zero-order valence-corrected chi connectivity index (χ0v) is 19.0. The Kier molecular flexibility index (Phi) is 5.98. The molecule has 0 aliphatic rings. The predicted octanol–water partition coefficient (Wildman–Crippen LogP) is 5.81. The monoisotopic (exact) mass is 489 g/mol. The van der Waals surface area contributed by atoms with Crippen molar-refractivity contribution in [1.29, 1.82) is 0 Å². The SMILES string of the molecule is Cc1nsc(Nc2cnc3ccccc3n2)c1C(=O)Nc1ccc(Nc2ccc(F)c(F)c2)nc1. The van der Waals surface area contributed by atoms with Gasteiger partial charge >= 0.3 is 0 Å². The van der Waals surface area contributed by atoms with Gasteiger partial charge in [0, 0.05) is 11.8 Å². The molecule has 3 heterocycles. The number of aromatic nitrogens is 4. The number of fused-ring (bicyclic) bond motifs is 1. The van der Waals surface area contributed by atoms with Crippen molar-refractivity contribution in [3.63, 3.8) is 0 Å². The molecule has 0 atom stereocenters. The third-order valence-electron chi connectivity index (χ3n) is 4.99. The second-order valence-corrected chi connectivity index (χ2v) is 8.25. The Morgan fingerprint density at radius 3 is 2.43 bits per heavy atom. The lowest BCUT2D eigenvalue weighted by molar-refractivity contribution is 0.102. The van der Waals surface area contributed by atoms with Crippen molar-refractivity contribution >= 4 is 56.5 Å². The minimum absolute atomic E-state index is 0.348. The number of halogens is 2. The average Bonchev–Trinajstić information content (AvgIpc) is 3.22. The van der Waals surface area contributed by atoms with E-state index in [0.717, 1.165) is 34.7 Å². The van der Waals surface area contributed by atoms with E-state index in [-0.39, 0.29) is 5.91 Å². The largest absolute Gasteiger partial charge is 0.340 e. The fourth-order valence-corrected chi connectivity index (χ4v) is 4.11. The molecule has 0 fully saturated rings. The van der Waals surface area contributed by atoms with Crippen LogP contribution in [-0.4, -0.2) is 25.2 Å². The number of hydrogen-bond acceptors (Lipinski definition) is 8. The molecule has 5 aromatic rings. The highest BCUT2D eigenvalue weighted by atomic mass is 32.1. The number of hydrogen-bond donors (Lipinski definition) is 3. The van der Waals surface area contributed by atoms with Crippen LogP contribution >= 0.6 is 11.5 Å². The molecule has 35 heavy (non-hydrogen) atoms. The summed E-state index contributed by atoms with van der Waals surface area (Å²) < 4.78 is 30.8. The molecule has 0 aliphatic carbocycles. The van der Waals surface area contributed by atoms with Gasteiger partial charge in [0.25, 0.3) is 5.91 Å². The third-order valence-corrected chi connectivity index (χ3v) is 5.85. The molecule has 0 aliphatic heterocycles. The predicted molar refractivity (Wildman–Crippen MR) is 132 cm³/mol. The lowest BCUT2D eigenvalue weighted by atomic mass is 10.2. The van der Waals surface area contributed by atoms with Crippen LogP contribution in [0.2, 0.25) is 0 Å². The first kappa shape index (κ1) is 22.3. The van der Waals surface area contributed by atoms with Crippen LogP contribution in [0.5, 0.6) is 0 Å². The van der Waals surface area contributed by atoms with Gasteiger partial charge in [-0.15, -0.1) is 0 Å². The van der Waals surface area contributed by atoms with Crippen LogP contribution in [0.25, 0.3) is 11.0 Å². The minimum Gasteiger partial charge on any atom is -0.340 e. The first-order valence-corrected chi connectivity index (χ1v) is 11.2. The number of rotatable bonds is 6. The van der Waals surface area contributed by atoms with Crippen molar-refractivity contribution in [1.82, 2.24) is 19.3 Å². The Morgan fingerprint density at radius 1 is 0.857 bits per heavy atom. The number of nitrogens with one attached hydrogen (secondary N) is 3. The van der Waals surface area contributed by atoms with Crippen LogP contribution in [0.15, 0.2) is 67.0 Å². The quantitative estimate of drug-likeness (QED) is 0.277. The first-order valence-electron chi connectivity index (χ1n) is 10.4. The first-order chi connectivity index (χ1) is 17.0. The van der Waals surface area contributed by atoms with Gasteiger partial charge in [0.2, 0.25) is 0 Å². The lowest BCUT2D eigenvalue weighted by Gasteiger charge is -2.10. The maximum absolute atomic E-state index is 13.4. The number of benzene rings is 2. The number of aryl methyl sites for hydroxylation is 1. The Hall–Kier alpha value is -4.51. The van der Waals surface area contributed by atoms with E-state index in [1.807, 2.05) is 24.3 Å². The Bertz CT molecular complexity index is 1540. The summed E-state index contributed by atoms with van der Waals surface area (Å²) >= 11 is 1.15. The number of para-hydroxylation sites is 2. The summed E-state index contributed by atoms with van der Waals surface area (Å²) in [7, 11) is 0. The van der Waals surface area contributed by atoms with Gasteiger partial charge in [0.1, 0.15) is 16.6 Å². The molecule has 174 valence electrons. The second-order valence-electron chi connectivity index (χ2n) is 7.48. The van der Waals surface area contributed by atoms with Crippen LogP contribution < -0.4 is 16.0 Å². The van der Waals surface area contributed by atoms with E-state index in [9.17, 15) is 13.6 Å². The molecular weight excluding hydrogens is 472 g/mol. The molecule has 8 nitrogen and oxygen atoms in total. The molecule has 11 heteroatoms. The number of carbonyl (C=O) groups is 1. The maximum Gasteiger partial charge on any atom is 0.260 e. The molecule has 0 radical (unpaired) electrons. The van der Waals surface area contributed by atoms with Gasteiger partial charge in [-0.3, -0.25) is 9.78 Å². The highest BCUT2D eigenvalue weighted by Gasteiger charge is 2.19. The van der Waals surface area contributed by atoms with E-state index in [2.05, 4.69) is 35.3 Å². The van der Waals surface area contributed by atoms with Crippen molar-refractivity contribution in [3.8, 4) is 0 Å². The molecule has 1 amide bonds. The molecule has 0 bridgehead atoms. The molecule has 0 spiro atoms. The minimum atomic E-state index is -0.960. The summed E-state index contributed by atoms with van der Waals surface area (Å²) in [6.07, 6.45) is 3.05. The molecule has 3 aromatic heterocycles. The number of nitrogens with zero attached hydrogens (tertiary/aromatic N) is 4. The van der Waals surface area contributed by atoms with E-state index >= 15 is 0 Å². The van der Waals surface area contributed by atoms with Crippen molar-refractivity contribution in [2.75, 3.05) is 16.0 Å². The van der Waals surface area contributed by atoms with Gasteiger partial charge in [-0.1, -0.05) is 12.1 Å². The van der Waals surface area contributed by atoms with E-state index < -0.39 is 11.6 Å². The van der Waals surface area contributed by atoms with Crippen molar-refractivity contribution in [2.45, 2.75) is 6.92 Å². The van der Waals surface area contributed by atoms with E-state index in [1.165, 1.54) is 12.3 Å². The Balaban J connectivity index is 1.30. The van der Waals surface area contributed by atoms with Crippen LogP contribution in [0.1, 0.15) is 16.1 Å². The fraction of sp³-hybridized carbons (Fsp3) is 0.0417. The van der Waals surface area contributed by atoms with Crippen LogP contribution in [-0.2, 0) is 0 Å². The standard InChI is InChI=1S/C24H17F2N7OS/c1-13-22(24(35-33-13)32-21-12-27-18-4-2-3-5-19(18)31-21)23(34)30-15-7-9-20(28-11-15)29-14-6-8-16(25)17(26)10-14/h2-12H,1H3,(H,28,29)(H,30,34)(H,31,32). The van der Waals surface area contributed by atoms with Gasteiger partial charge in [-0.25, -0.2) is 18.7 Å². The van der Waals surface area contributed by atoms with Gasteiger partial charge in [-0.2, -0.15) is 4.37 Å². The summed E-state index contributed by atoms with van der Waals surface area (Å²) in [6, 6.07) is 14.2. The normalized spacial score (nSPS) is 10.8. The molecule has 3 N–H and O–H groups in total. The Labute approximate surface area is 202 Å². The third kappa shape index (κ3) is 4.89. The summed E-state index contributed by atoms with van der Waals surface area (Å²) in [6.45, 7) is 1.75. The molecule has 0 saturated carbocycles. The fourth-order valence-electron chi connectivity index (χ4n) is 3.31. The van der Waals surface area contributed by atoms with E-state index in [1.54, 1.807) is 25.3 Å². The van der Waals surface area contributed by atoms with Gasteiger partial charge < -0.3 is 16.0 Å². The summed E-state index contributed by atoms with van der Waals surface area (Å²) in [5.74, 6) is -1.36. The molecular formula is C24H17F2N7OS. The van der Waals surface area contributed by atoms with E-state index in [4.69, 9.17) is 0 Å². The highest BCUT2D eigenvalue weighted by Crippen LogP contribution is 2.29. The number of carbonyl (C=O) groups excluding carboxylic acids is 1. The summed E-state index contributed by atoms with van der Waals surface area (Å²) in [5, 5.41) is 9.35.